The average Bonchev–Trinajstić information content (AvgIpc) is 3.69. The minimum atomic E-state index is -0.719. The number of thiazole rings is 1. The van der Waals surface area contributed by atoms with E-state index in [1.807, 2.05) is 26.2 Å². The third-order valence-corrected chi connectivity index (χ3v) is 6.31. The van der Waals surface area contributed by atoms with Gasteiger partial charge in [-0.15, -0.1) is 0 Å². The second-order valence-electron chi connectivity index (χ2n) is 8.04. The number of nitriles is 1. The van der Waals surface area contributed by atoms with Crippen LogP contribution in [-0.4, -0.2) is 45.7 Å². The average molecular weight is 573 g/mol. The molecule has 0 aliphatic carbocycles. The Labute approximate surface area is 234 Å². The van der Waals surface area contributed by atoms with Crippen LogP contribution in [0.5, 0.6) is 0 Å². The van der Waals surface area contributed by atoms with Crippen molar-refractivity contribution in [2.24, 2.45) is 14.1 Å². The van der Waals surface area contributed by atoms with E-state index < -0.39 is 4.92 Å². The summed E-state index contributed by atoms with van der Waals surface area (Å²) in [6, 6.07) is 6.82. The number of aryl methyl sites for hydroxylation is 2. The predicted octanol–water partition coefficient (Wildman–Crippen LogP) is 2.63. The number of hydrogen-bond donors (Lipinski definition) is 2. The molecule has 0 amide bonds. The smallest absolute Gasteiger partial charge is 0.292 e. The van der Waals surface area contributed by atoms with E-state index in [2.05, 4.69) is 36.5 Å². The van der Waals surface area contributed by atoms with Crippen LogP contribution in [0.4, 0.5) is 22.5 Å². The molecule has 0 unspecified atom stereocenters. The lowest BCUT2D eigenvalue weighted by atomic mass is 10.2. The molecule has 0 radical (unpaired) electrons. The van der Waals surface area contributed by atoms with Crippen LogP contribution < -0.4 is 15.8 Å². The zero-order chi connectivity index (χ0) is 29.5. The quantitative estimate of drug-likeness (QED) is 0.102. The molecule has 6 aromatic heterocycles. The zero-order valence-electron chi connectivity index (χ0n) is 21.4. The number of carbonyl (C=O) groups excluding carboxylic acids is 1. The topological polar surface area (TPSA) is 223 Å². The number of nitrogens with two attached hydrogens (primary N) is 1. The van der Waals surface area contributed by atoms with Crippen LogP contribution in [0.25, 0.3) is 21.8 Å². The molecule has 0 aliphatic heterocycles. The second kappa shape index (κ2) is 12.2. The monoisotopic (exact) mass is 572 g/mol. The van der Waals surface area contributed by atoms with Crippen LogP contribution in [-0.2, 0) is 14.1 Å². The summed E-state index contributed by atoms with van der Waals surface area (Å²) in [6.07, 6.45) is 10.5. The van der Waals surface area contributed by atoms with E-state index in [1.54, 1.807) is 34.2 Å². The molecular formula is C24H20N12O4S. The molecule has 41 heavy (non-hydrogen) atoms. The number of aldehydes is 1. The van der Waals surface area contributed by atoms with E-state index in [-0.39, 0.29) is 17.5 Å². The number of nitro groups is 1. The van der Waals surface area contributed by atoms with Crippen molar-refractivity contribution >= 4 is 61.9 Å². The number of nitrogen functional groups attached to an aromatic ring is 1. The number of aromatic nitrogens is 8. The van der Waals surface area contributed by atoms with Crippen molar-refractivity contribution in [3.63, 3.8) is 0 Å². The summed E-state index contributed by atoms with van der Waals surface area (Å²) >= 11 is 1.29. The zero-order valence-corrected chi connectivity index (χ0v) is 22.3. The van der Waals surface area contributed by atoms with Gasteiger partial charge in [0.05, 0.1) is 51.4 Å². The Kier molecular flexibility index (Phi) is 8.35. The minimum Gasteiger partial charge on any atom is -0.619 e. The molecule has 0 fully saturated rings. The Morgan fingerprint density at radius 3 is 2.34 bits per heavy atom. The van der Waals surface area contributed by atoms with Crippen LogP contribution in [0, 0.1) is 26.7 Å². The molecule has 0 aliphatic rings. The number of hydrogen-bond acceptors (Lipinski definition) is 13. The van der Waals surface area contributed by atoms with Crippen molar-refractivity contribution in [1.29, 1.82) is 5.26 Å². The SMILES string of the molecule is Cn1ncc2c(N)nccc21.Cn1ncc2c(Nc3ncc(C#N)s3)nccc21.O=Cc1c[n+]([O-])ccc1[N+](=O)[O-]. The van der Waals surface area contributed by atoms with Gasteiger partial charge in [-0.05, 0) is 12.1 Å². The van der Waals surface area contributed by atoms with E-state index in [4.69, 9.17) is 11.0 Å². The van der Waals surface area contributed by atoms with Crippen molar-refractivity contribution in [3.8, 4) is 6.07 Å². The third-order valence-electron chi connectivity index (χ3n) is 5.49. The highest BCUT2D eigenvalue weighted by Gasteiger charge is 2.15. The summed E-state index contributed by atoms with van der Waals surface area (Å²) in [5.74, 6) is 1.23. The second-order valence-corrected chi connectivity index (χ2v) is 9.08. The number of pyridine rings is 3. The number of nitrogens with one attached hydrogen (secondary N) is 1. The number of rotatable bonds is 4. The van der Waals surface area contributed by atoms with Gasteiger partial charge in [0, 0.05) is 26.5 Å². The molecule has 6 heterocycles. The summed E-state index contributed by atoms with van der Waals surface area (Å²) < 4.78 is 3.88. The fraction of sp³-hybridized carbons (Fsp3) is 0.0833. The molecule has 17 heteroatoms. The Balaban J connectivity index is 0.000000148. The summed E-state index contributed by atoms with van der Waals surface area (Å²) in [7, 11) is 3.76. The van der Waals surface area contributed by atoms with Crippen LogP contribution in [0.3, 0.4) is 0 Å². The molecule has 0 spiro atoms. The third kappa shape index (κ3) is 6.35. The van der Waals surface area contributed by atoms with Crippen molar-refractivity contribution in [2.45, 2.75) is 0 Å². The molecule has 0 saturated carbocycles. The maximum absolute atomic E-state index is 10.6. The summed E-state index contributed by atoms with van der Waals surface area (Å²) in [5, 5.41) is 43.4. The van der Waals surface area contributed by atoms with E-state index >= 15 is 0 Å². The van der Waals surface area contributed by atoms with E-state index in [0.29, 0.717) is 26.4 Å². The Bertz CT molecular complexity index is 1910. The van der Waals surface area contributed by atoms with Crippen molar-refractivity contribution in [2.75, 3.05) is 11.1 Å². The van der Waals surface area contributed by atoms with Gasteiger partial charge in [0.1, 0.15) is 22.6 Å². The van der Waals surface area contributed by atoms with E-state index in [1.165, 1.54) is 17.5 Å². The molecule has 206 valence electrons. The number of nitrogens with zero attached hydrogens (tertiary/aromatic N) is 10. The molecule has 0 saturated heterocycles. The highest BCUT2D eigenvalue weighted by molar-refractivity contribution is 7.16. The standard InChI is InChI=1S/C11H8N6S.C7H8N4.C6H4N2O4/c1-17-9-2-3-13-10(8(9)6-15-17)16-11-14-5-7(4-12)18-11;1-11-6-2-3-9-7(8)5(6)4-10-11;9-4-5-3-7(10)2-1-6(5)8(11)12/h2-3,5-6H,1H3,(H,13,14,16);2-4H,1H3,(H2,8,9);1-4H. The lowest BCUT2D eigenvalue weighted by Gasteiger charge is -2.02. The van der Waals surface area contributed by atoms with Gasteiger partial charge >= 0.3 is 0 Å². The first-order chi connectivity index (χ1) is 19.7. The minimum absolute atomic E-state index is 0.225. The van der Waals surface area contributed by atoms with Crippen molar-refractivity contribution in [3.05, 3.63) is 87.3 Å². The lowest BCUT2D eigenvalue weighted by Crippen LogP contribution is -2.25. The van der Waals surface area contributed by atoms with E-state index in [0.717, 1.165) is 40.3 Å². The van der Waals surface area contributed by atoms with Crippen LogP contribution in [0.1, 0.15) is 15.2 Å². The predicted molar refractivity (Wildman–Crippen MR) is 149 cm³/mol. The lowest BCUT2D eigenvalue weighted by molar-refractivity contribution is -0.606. The molecule has 6 aromatic rings. The molecule has 3 N–H and O–H groups in total. The highest BCUT2D eigenvalue weighted by atomic mass is 32.1. The first-order valence-electron chi connectivity index (χ1n) is 11.5. The van der Waals surface area contributed by atoms with Gasteiger partial charge in [-0.3, -0.25) is 24.3 Å². The van der Waals surface area contributed by atoms with Crippen LogP contribution in [0.2, 0.25) is 0 Å². The largest absolute Gasteiger partial charge is 0.619 e. The Morgan fingerprint density at radius 2 is 1.73 bits per heavy atom. The fourth-order valence-electron chi connectivity index (χ4n) is 3.51. The molecular weight excluding hydrogens is 552 g/mol. The van der Waals surface area contributed by atoms with Gasteiger partial charge in [0.2, 0.25) is 0 Å². The summed E-state index contributed by atoms with van der Waals surface area (Å²) in [5.41, 5.74) is 7.02. The maximum Gasteiger partial charge on any atom is 0.292 e. The van der Waals surface area contributed by atoms with Gasteiger partial charge in [0.15, 0.2) is 29.4 Å². The van der Waals surface area contributed by atoms with Crippen molar-refractivity contribution in [1.82, 2.24) is 34.5 Å². The van der Waals surface area contributed by atoms with E-state index in [9.17, 15) is 20.1 Å². The van der Waals surface area contributed by atoms with Crippen LogP contribution in [0.15, 0.2) is 61.6 Å². The number of fused-ring (bicyclic) bond motifs is 2. The number of anilines is 3. The fourth-order valence-corrected chi connectivity index (χ4v) is 4.12. The highest BCUT2D eigenvalue weighted by Crippen LogP contribution is 2.26. The maximum atomic E-state index is 10.6. The van der Waals surface area contributed by atoms with Gasteiger partial charge in [-0.1, -0.05) is 11.3 Å². The number of carbonyl (C=O) groups is 1. The van der Waals surface area contributed by atoms with Gasteiger partial charge in [-0.2, -0.15) is 20.2 Å². The first kappa shape index (κ1) is 28.0. The summed E-state index contributed by atoms with van der Waals surface area (Å²) in [4.78, 5) is 32.6. The Morgan fingerprint density at radius 1 is 1.07 bits per heavy atom. The molecule has 6 rings (SSSR count). The molecule has 0 bridgehead atoms. The molecule has 0 atom stereocenters. The van der Waals surface area contributed by atoms with Gasteiger partial charge in [-0.25, -0.2) is 15.0 Å². The summed E-state index contributed by atoms with van der Waals surface area (Å²) in [6.45, 7) is 0. The van der Waals surface area contributed by atoms with Crippen LogP contribution >= 0.6 is 11.3 Å². The Hall–Kier alpha value is -6.02. The first-order valence-corrected chi connectivity index (χ1v) is 12.3. The normalized spacial score (nSPS) is 10.2. The van der Waals surface area contributed by atoms with Gasteiger partial charge < -0.3 is 16.3 Å². The van der Waals surface area contributed by atoms with Crippen molar-refractivity contribution < 1.29 is 14.4 Å². The molecule has 0 aromatic carbocycles. The van der Waals surface area contributed by atoms with Gasteiger partial charge in [0.25, 0.3) is 5.69 Å². The molecule has 16 nitrogen and oxygen atoms in total.